The highest BCUT2D eigenvalue weighted by molar-refractivity contribution is 5.99. The third-order valence-electron chi connectivity index (χ3n) is 5.46. The van der Waals surface area contributed by atoms with Gasteiger partial charge in [-0.2, -0.15) is 0 Å². The van der Waals surface area contributed by atoms with Gasteiger partial charge < -0.3 is 14.7 Å². The molecular weight excluding hydrogens is 334 g/mol. The van der Waals surface area contributed by atoms with Crippen molar-refractivity contribution >= 4 is 11.8 Å². The molecule has 2 N–H and O–H groups in total. The summed E-state index contributed by atoms with van der Waals surface area (Å²) >= 11 is 0. The third kappa shape index (κ3) is 4.44. The second-order valence-electron chi connectivity index (χ2n) is 7.54. The lowest BCUT2D eigenvalue weighted by atomic mass is 10.1. The minimum Gasteiger partial charge on any atom is -0.494 e. The number of fused-ring (bicyclic) bond motifs is 6. The zero-order valence-corrected chi connectivity index (χ0v) is 16.2. The van der Waals surface area contributed by atoms with E-state index in [1.807, 2.05) is 0 Å². The lowest BCUT2D eigenvalue weighted by molar-refractivity contribution is 0.414. The molecule has 0 saturated heterocycles. The Morgan fingerprint density at radius 3 is 2.44 bits per heavy atom. The monoisotopic (exact) mass is 363 g/mol. The van der Waals surface area contributed by atoms with Crippen LogP contribution in [-0.2, 0) is 6.42 Å². The summed E-state index contributed by atoms with van der Waals surface area (Å²) in [4.78, 5) is 11.8. The fourth-order valence-corrected chi connectivity index (χ4v) is 3.91. The summed E-state index contributed by atoms with van der Waals surface area (Å²) in [6, 6.07) is 6.42. The predicted molar refractivity (Wildman–Crippen MR) is 112 cm³/mol. The highest BCUT2D eigenvalue weighted by atomic mass is 16.5. The second-order valence-corrected chi connectivity index (χ2v) is 7.54. The Morgan fingerprint density at radius 2 is 1.63 bits per heavy atom. The SMILES string of the molecule is COc1cc2[nH]c1C=C1C=CC(=N1)CCCCCCCCCc1ccc-2[nH]1. The first kappa shape index (κ1) is 17.9. The number of H-pyrrole nitrogens is 2. The lowest BCUT2D eigenvalue weighted by Gasteiger charge is -2.02. The molecule has 0 atom stereocenters. The number of rotatable bonds is 1. The van der Waals surface area contributed by atoms with E-state index in [1.54, 1.807) is 7.11 Å². The van der Waals surface area contributed by atoms with E-state index in [4.69, 9.17) is 9.73 Å². The van der Waals surface area contributed by atoms with Crippen LogP contribution in [0.15, 0.2) is 41.0 Å². The van der Waals surface area contributed by atoms with E-state index in [2.05, 4.69) is 46.4 Å². The summed E-state index contributed by atoms with van der Waals surface area (Å²) in [6.07, 6.45) is 17.7. The highest BCUT2D eigenvalue weighted by Gasteiger charge is 2.12. The van der Waals surface area contributed by atoms with Gasteiger partial charge in [0.05, 0.1) is 29.9 Å². The smallest absolute Gasteiger partial charge is 0.144 e. The Kier molecular flexibility index (Phi) is 5.61. The molecule has 0 amide bonds. The van der Waals surface area contributed by atoms with Crippen molar-refractivity contribution in [3.05, 3.63) is 47.4 Å². The number of nitrogens with one attached hydrogen (secondary N) is 2. The van der Waals surface area contributed by atoms with E-state index in [-0.39, 0.29) is 0 Å². The molecule has 0 spiro atoms. The van der Waals surface area contributed by atoms with Crippen LogP contribution >= 0.6 is 0 Å². The van der Waals surface area contributed by atoms with Crippen LogP contribution in [-0.4, -0.2) is 22.8 Å². The fourth-order valence-electron chi connectivity index (χ4n) is 3.91. The van der Waals surface area contributed by atoms with E-state index in [9.17, 15) is 0 Å². The van der Waals surface area contributed by atoms with Crippen LogP contribution in [0.3, 0.4) is 0 Å². The van der Waals surface area contributed by atoms with Crippen LogP contribution in [0.4, 0.5) is 0 Å². The number of ether oxygens (including phenoxy) is 1. The normalized spacial score (nSPS) is 18.3. The van der Waals surface area contributed by atoms with Gasteiger partial charge in [0, 0.05) is 17.5 Å². The van der Waals surface area contributed by atoms with E-state index in [0.29, 0.717) is 0 Å². The zero-order valence-electron chi connectivity index (χ0n) is 16.2. The van der Waals surface area contributed by atoms with Crippen molar-refractivity contribution in [1.29, 1.82) is 0 Å². The zero-order chi connectivity index (χ0) is 18.5. The van der Waals surface area contributed by atoms with Crippen molar-refractivity contribution in [3.63, 3.8) is 0 Å². The number of aromatic amines is 2. The molecule has 0 radical (unpaired) electrons. The third-order valence-corrected chi connectivity index (χ3v) is 5.46. The van der Waals surface area contributed by atoms with Gasteiger partial charge in [0.25, 0.3) is 0 Å². The molecule has 6 bridgehead atoms. The molecule has 0 aliphatic carbocycles. The Balaban J connectivity index is 1.61. The van der Waals surface area contributed by atoms with Crippen molar-refractivity contribution in [3.8, 4) is 17.1 Å². The number of hydrogen-bond acceptors (Lipinski definition) is 2. The van der Waals surface area contributed by atoms with E-state index in [0.717, 1.165) is 41.4 Å². The van der Waals surface area contributed by atoms with Crippen LogP contribution in [0.2, 0.25) is 0 Å². The molecular formula is C23H29N3O. The summed E-state index contributed by atoms with van der Waals surface area (Å²) in [6.45, 7) is 0. The number of aliphatic imine (C=N–C) groups is 1. The summed E-state index contributed by atoms with van der Waals surface area (Å²) in [5.74, 6) is 0.847. The number of allylic oxidation sites excluding steroid dienone is 2. The minimum absolute atomic E-state index is 0.847. The topological polar surface area (TPSA) is 53.2 Å². The van der Waals surface area contributed by atoms with Crippen molar-refractivity contribution in [2.24, 2.45) is 4.99 Å². The van der Waals surface area contributed by atoms with Crippen molar-refractivity contribution < 1.29 is 4.74 Å². The van der Waals surface area contributed by atoms with Gasteiger partial charge in [-0.3, -0.25) is 4.99 Å². The van der Waals surface area contributed by atoms with Crippen LogP contribution in [0.25, 0.3) is 17.5 Å². The maximum Gasteiger partial charge on any atom is 0.144 e. The molecule has 4 heteroatoms. The first-order valence-corrected chi connectivity index (χ1v) is 10.2. The van der Waals surface area contributed by atoms with Crippen molar-refractivity contribution in [1.82, 2.24) is 9.97 Å². The maximum absolute atomic E-state index is 5.58. The summed E-state index contributed by atoms with van der Waals surface area (Å²) in [5, 5.41) is 0. The molecule has 2 aromatic heterocycles. The predicted octanol–water partition coefficient (Wildman–Crippen LogP) is 6.05. The standard InChI is InChI=1S/C23H29N3O/c1-27-23-16-21-20-14-13-18(25-20)10-8-6-4-2-3-5-7-9-17-11-12-19(24-17)15-22(23)26-21/h11-16,25-26H,2-10H2,1H3. The number of aryl methyl sites for hydroxylation is 1. The average molecular weight is 364 g/mol. The van der Waals surface area contributed by atoms with Gasteiger partial charge in [0.2, 0.25) is 0 Å². The number of hydrogen-bond donors (Lipinski definition) is 2. The van der Waals surface area contributed by atoms with Gasteiger partial charge in [-0.05, 0) is 56.0 Å². The quantitative estimate of drug-likeness (QED) is 0.637. The van der Waals surface area contributed by atoms with Gasteiger partial charge in [0.1, 0.15) is 5.75 Å². The number of methoxy groups -OCH3 is 1. The number of nitrogens with zero attached hydrogens (tertiary/aromatic N) is 1. The average Bonchev–Trinajstić information content (AvgIpc) is 3.39. The van der Waals surface area contributed by atoms with Gasteiger partial charge in [-0.15, -0.1) is 0 Å². The number of aromatic nitrogens is 2. The Morgan fingerprint density at radius 1 is 0.852 bits per heavy atom. The second kappa shape index (κ2) is 8.47. The van der Waals surface area contributed by atoms with Crippen molar-refractivity contribution in [2.75, 3.05) is 7.11 Å². The molecule has 4 rings (SSSR count). The van der Waals surface area contributed by atoms with Crippen LogP contribution in [0, 0.1) is 0 Å². The Labute approximate surface area is 161 Å². The summed E-state index contributed by atoms with van der Waals surface area (Å²) in [5.41, 5.74) is 6.61. The van der Waals surface area contributed by atoms with Crippen molar-refractivity contribution in [2.45, 2.75) is 57.8 Å². The van der Waals surface area contributed by atoms with Crippen LogP contribution in [0.5, 0.6) is 5.75 Å². The Bertz CT molecular complexity index is 866. The van der Waals surface area contributed by atoms with Gasteiger partial charge in [0.15, 0.2) is 0 Å². The van der Waals surface area contributed by atoms with E-state index < -0.39 is 0 Å². The lowest BCUT2D eigenvalue weighted by Crippen LogP contribution is -1.91. The molecule has 2 aromatic rings. The van der Waals surface area contributed by atoms with Crippen LogP contribution in [0.1, 0.15) is 62.8 Å². The highest BCUT2D eigenvalue weighted by Crippen LogP contribution is 2.30. The Hall–Kier alpha value is -2.49. The molecule has 2 aliphatic heterocycles. The van der Waals surface area contributed by atoms with Gasteiger partial charge >= 0.3 is 0 Å². The molecule has 0 fully saturated rings. The van der Waals surface area contributed by atoms with Gasteiger partial charge in [-0.25, -0.2) is 0 Å². The summed E-state index contributed by atoms with van der Waals surface area (Å²) < 4.78 is 5.58. The van der Waals surface area contributed by atoms with Crippen LogP contribution < -0.4 is 4.74 Å². The molecule has 4 nitrogen and oxygen atoms in total. The molecule has 0 unspecified atom stereocenters. The fraction of sp³-hybridized carbons (Fsp3) is 0.435. The van der Waals surface area contributed by atoms with E-state index in [1.165, 1.54) is 56.4 Å². The maximum atomic E-state index is 5.58. The molecule has 142 valence electrons. The molecule has 27 heavy (non-hydrogen) atoms. The molecule has 0 saturated carbocycles. The van der Waals surface area contributed by atoms with Gasteiger partial charge in [-0.1, -0.05) is 32.1 Å². The largest absolute Gasteiger partial charge is 0.494 e. The van der Waals surface area contributed by atoms with E-state index >= 15 is 0 Å². The molecule has 0 aromatic carbocycles. The molecule has 4 heterocycles. The molecule has 2 aliphatic rings. The minimum atomic E-state index is 0.847. The first-order chi connectivity index (χ1) is 13.3. The first-order valence-electron chi connectivity index (χ1n) is 10.2. The summed E-state index contributed by atoms with van der Waals surface area (Å²) in [7, 11) is 1.72.